The highest BCUT2D eigenvalue weighted by Crippen LogP contribution is 2.20. The Morgan fingerprint density at radius 1 is 1.11 bits per heavy atom. The topological polar surface area (TPSA) is 71.8 Å². The number of aromatic amines is 1. The fraction of sp³-hybridized carbons (Fsp3) is 0. The number of nitrogen functional groups attached to an aromatic ring is 1. The summed E-state index contributed by atoms with van der Waals surface area (Å²) in [5.74, 6) is 0. The lowest BCUT2D eigenvalue weighted by Gasteiger charge is -2.03. The molecule has 0 saturated carbocycles. The molecule has 0 radical (unpaired) electrons. The van der Waals surface area contributed by atoms with Crippen LogP contribution in [0.25, 0.3) is 22.2 Å². The van der Waals surface area contributed by atoms with Crippen molar-refractivity contribution in [2.75, 3.05) is 5.73 Å². The van der Waals surface area contributed by atoms with E-state index in [2.05, 4.69) is 9.97 Å². The van der Waals surface area contributed by atoms with Crippen LogP contribution in [0, 0.1) is 0 Å². The van der Waals surface area contributed by atoms with Gasteiger partial charge in [-0.25, -0.2) is 4.98 Å². The van der Waals surface area contributed by atoms with Crippen molar-refractivity contribution in [1.29, 1.82) is 0 Å². The smallest absolute Gasteiger partial charge is 0.271 e. The van der Waals surface area contributed by atoms with E-state index in [1.54, 1.807) is 12.3 Å². The van der Waals surface area contributed by atoms with Crippen molar-refractivity contribution < 1.29 is 0 Å². The number of nitrogens with zero attached hydrogens (tertiary/aromatic N) is 1. The molecule has 0 spiro atoms. The number of rotatable bonds is 1. The van der Waals surface area contributed by atoms with E-state index < -0.39 is 0 Å². The Morgan fingerprint density at radius 2 is 1.94 bits per heavy atom. The van der Waals surface area contributed by atoms with Crippen molar-refractivity contribution in [2.24, 2.45) is 0 Å². The van der Waals surface area contributed by atoms with Gasteiger partial charge in [0.15, 0.2) is 0 Å². The van der Waals surface area contributed by atoms with Gasteiger partial charge in [0.2, 0.25) is 0 Å². The molecule has 0 unspecified atom stereocenters. The maximum atomic E-state index is 11.2. The average Bonchev–Trinajstić information content (AvgIpc) is 2.41. The van der Waals surface area contributed by atoms with Crippen molar-refractivity contribution in [3.63, 3.8) is 0 Å². The molecule has 0 aliphatic rings. The lowest BCUT2D eigenvalue weighted by Crippen LogP contribution is -2.10. The first-order valence-electron chi connectivity index (χ1n) is 5.58. The molecule has 3 rings (SSSR count). The quantitative estimate of drug-likeness (QED) is 0.681. The number of pyridine rings is 2. The maximum Gasteiger partial charge on any atom is 0.271 e. The predicted octanol–water partition coefficient (Wildman–Crippen LogP) is 2.17. The number of nitrogens with one attached hydrogen (secondary N) is 1. The van der Waals surface area contributed by atoms with E-state index in [0.29, 0.717) is 0 Å². The Labute approximate surface area is 103 Å². The monoisotopic (exact) mass is 237 g/mol. The number of hydrogen-bond donors (Lipinski definition) is 2. The van der Waals surface area contributed by atoms with Gasteiger partial charge in [-0.1, -0.05) is 24.3 Å². The molecule has 0 amide bonds. The highest BCUT2D eigenvalue weighted by Gasteiger charge is 2.03. The average molecular weight is 237 g/mol. The Balaban J connectivity index is 2.19. The summed E-state index contributed by atoms with van der Waals surface area (Å²) in [7, 11) is 0. The summed E-state index contributed by atoms with van der Waals surface area (Å²) in [6.07, 6.45) is 1.62. The van der Waals surface area contributed by atoms with Crippen LogP contribution in [0.2, 0.25) is 0 Å². The molecule has 2 aromatic heterocycles. The van der Waals surface area contributed by atoms with Crippen LogP contribution in [-0.2, 0) is 0 Å². The third-order valence-electron chi connectivity index (χ3n) is 2.83. The minimum absolute atomic E-state index is 0.197. The van der Waals surface area contributed by atoms with Gasteiger partial charge in [0.05, 0.1) is 16.9 Å². The summed E-state index contributed by atoms with van der Waals surface area (Å²) in [4.78, 5) is 18.3. The number of H-pyrrole nitrogens is 1. The van der Waals surface area contributed by atoms with Gasteiger partial charge in [-0.15, -0.1) is 0 Å². The van der Waals surface area contributed by atoms with E-state index in [0.717, 1.165) is 22.2 Å². The normalized spacial score (nSPS) is 10.7. The van der Waals surface area contributed by atoms with Gasteiger partial charge >= 0.3 is 0 Å². The number of hydrogen-bond acceptors (Lipinski definition) is 3. The van der Waals surface area contributed by atoms with Crippen molar-refractivity contribution in [3.8, 4) is 11.3 Å². The molecule has 4 nitrogen and oxygen atoms in total. The van der Waals surface area contributed by atoms with E-state index in [1.807, 2.05) is 36.4 Å². The summed E-state index contributed by atoms with van der Waals surface area (Å²) in [5.41, 5.74) is 8.03. The lowest BCUT2D eigenvalue weighted by molar-refractivity contribution is 1.23. The third kappa shape index (κ3) is 1.73. The summed E-state index contributed by atoms with van der Waals surface area (Å²) < 4.78 is 0. The van der Waals surface area contributed by atoms with Gasteiger partial charge in [0, 0.05) is 17.1 Å². The Morgan fingerprint density at radius 3 is 2.78 bits per heavy atom. The molecule has 18 heavy (non-hydrogen) atoms. The fourth-order valence-electron chi connectivity index (χ4n) is 1.88. The molecule has 0 aliphatic heterocycles. The second-order valence-electron chi connectivity index (χ2n) is 4.06. The lowest BCUT2D eigenvalue weighted by atomic mass is 10.1. The van der Waals surface area contributed by atoms with Crippen LogP contribution in [-0.4, -0.2) is 9.97 Å². The second-order valence-corrected chi connectivity index (χ2v) is 4.06. The van der Waals surface area contributed by atoms with E-state index in [9.17, 15) is 4.79 Å². The van der Waals surface area contributed by atoms with Crippen molar-refractivity contribution in [3.05, 3.63) is 59.0 Å². The molecule has 2 heterocycles. The number of para-hydroxylation sites is 1. The van der Waals surface area contributed by atoms with Crippen LogP contribution in [0.4, 0.5) is 5.69 Å². The van der Waals surface area contributed by atoms with Gasteiger partial charge in [0.1, 0.15) is 0 Å². The Bertz CT molecular complexity index is 777. The first-order chi connectivity index (χ1) is 8.74. The number of benzene rings is 1. The zero-order chi connectivity index (χ0) is 12.5. The molecule has 88 valence electrons. The highest BCUT2D eigenvalue weighted by atomic mass is 16.1. The van der Waals surface area contributed by atoms with Gasteiger partial charge in [0.25, 0.3) is 5.56 Å². The Kier molecular flexibility index (Phi) is 2.34. The van der Waals surface area contributed by atoms with Crippen molar-refractivity contribution in [2.45, 2.75) is 0 Å². The van der Waals surface area contributed by atoms with Crippen LogP contribution in [0.3, 0.4) is 0 Å². The predicted molar refractivity (Wildman–Crippen MR) is 72.2 cm³/mol. The van der Waals surface area contributed by atoms with Crippen LogP contribution < -0.4 is 11.3 Å². The molecule has 0 saturated heterocycles. The van der Waals surface area contributed by atoms with Gasteiger partial charge in [-0.2, -0.15) is 0 Å². The summed E-state index contributed by atoms with van der Waals surface area (Å²) >= 11 is 0. The summed E-state index contributed by atoms with van der Waals surface area (Å²) in [6.45, 7) is 0. The molecule has 3 aromatic rings. The molecule has 0 fully saturated rings. The number of fused-ring (bicyclic) bond motifs is 1. The highest BCUT2D eigenvalue weighted by molar-refractivity contribution is 5.81. The van der Waals surface area contributed by atoms with Gasteiger partial charge in [-0.3, -0.25) is 4.79 Å². The molecule has 0 aliphatic carbocycles. The van der Waals surface area contributed by atoms with E-state index in [4.69, 9.17) is 5.73 Å². The van der Waals surface area contributed by atoms with E-state index >= 15 is 0 Å². The van der Waals surface area contributed by atoms with Crippen molar-refractivity contribution >= 4 is 16.6 Å². The van der Waals surface area contributed by atoms with Crippen LogP contribution in [0.1, 0.15) is 0 Å². The zero-order valence-electron chi connectivity index (χ0n) is 9.55. The molecule has 0 bridgehead atoms. The van der Waals surface area contributed by atoms with Gasteiger partial charge < -0.3 is 10.7 Å². The summed E-state index contributed by atoms with van der Waals surface area (Å²) in [5, 5.41) is 1.08. The standard InChI is InChI=1S/C14H11N3O/c15-11-7-10(8-16-14(11)18)13-6-5-9-3-1-2-4-12(9)17-13/h1-8H,15H2,(H,16,18). The summed E-state index contributed by atoms with van der Waals surface area (Å²) in [6, 6.07) is 13.4. The number of nitrogens with two attached hydrogens (primary N) is 1. The number of anilines is 1. The maximum absolute atomic E-state index is 11.2. The first kappa shape index (κ1) is 10.5. The van der Waals surface area contributed by atoms with E-state index in [1.165, 1.54) is 0 Å². The van der Waals surface area contributed by atoms with Crippen molar-refractivity contribution in [1.82, 2.24) is 9.97 Å². The SMILES string of the molecule is Nc1cc(-c2ccc3ccccc3n2)c[nH]c1=O. The third-order valence-corrected chi connectivity index (χ3v) is 2.83. The molecule has 4 heteroatoms. The second kappa shape index (κ2) is 4.00. The molecular formula is C14H11N3O. The number of aromatic nitrogens is 2. The molecule has 0 atom stereocenters. The van der Waals surface area contributed by atoms with Crippen LogP contribution >= 0.6 is 0 Å². The minimum Gasteiger partial charge on any atom is -0.394 e. The minimum atomic E-state index is -0.278. The van der Waals surface area contributed by atoms with E-state index in [-0.39, 0.29) is 11.2 Å². The van der Waals surface area contributed by atoms with Gasteiger partial charge in [-0.05, 0) is 18.2 Å². The fourth-order valence-corrected chi connectivity index (χ4v) is 1.88. The first-order valence-corrected chi connectivity index (χ1v) is 5.58. The van der Waals surface area contributed by atoms with Crippen LogP contribution in [0.15, 0.2) is 53.5 Å². The molecule has 3 N–H and O–H groups in total. The Hall–Kier alpha value is -2.62. The largest absolute Gasteiger partial charge is 0.394 e. The zero-order valence-corrected chi connectivity index (χ0v) is 9.55. The molecule has 1 aromatic carbocycles. The van der Waals surface area contributed by atoms with Crippen LogP contribution in [0.5, 0.6) is 0 Å². The molecular weight excluding hydrogens is 226 g/mol.